The molecule has 0 aromatic heterocycles. The number of fused-ring (bicyclic) bond motifs is 2. The molecule has 3 aromatic rings. The van der Waals surface area contributed by atoms with Gasteiger partial charge < -0.3 is 21.3 Å². The summed E-state index contributed by atoms with van der Waals surface area (Å²) in [6.07, 6.45) is 0.903. The summed E-state index contributed by atoms with van der Waals surface area (Å²) in [4.78, 5) is 26.4. The number of carbonyl (C=O) groups excluding carboxylic acids is 2. The van der Waals surface area contributed by atoms with Crippen LogP contribution in [0.5, 0.6) is 0 Å². The fourth-order valence-electron chi connectivity index (χ4n) is 4.41. The molecule has 0 saturated carbocycles. The van der Waals surface area contributed by atoms with Crippen molar-refractivity contribution in [2.45, 2.75) is 13.0 Å². The molecule has 0 bridgehead atoms. The summed E-state index contributed by atoms with van der Waals surface area (Å²) in [7, 11) is 4.42. The van der Waals surface area contributed by atoms with Crippen LogP contribution in [0.1, 0.15) is 43.8 Å². The standard InChI is InChI=1S/C26H28N4O2/c1-30(2,16-17-8-4-3-5-9-17)15-7-14-29-21-13-12-20(28)23-24(21)26(32)22-18(25(23)31)10-6-11-19(22)27/h3-6,8-13H,7,14-16H2,1-2H3,(H4-,27,28,29,31,32)/p+1. The van der Waals surface area contributed by atoms with Crippen molar-refractivity contribution in [2.24, 2.45) is 0 Å². The molecule has 32 heavy (non-hydrogen) atoms. The quantitative estimate of drug-likeness (QED) is 0.236. The highest BCUT2D eigenvalue weighted by atomic mass is 16.1. The fraction of sp³-hybridized carbons (Fsp3) is 0.231. The second-order valence-corrected chi connectivity index (χ2v) is 8.96. The molecule has 0 heterocycles. The van der Waals surface area contributed by atoms with Crippen LogP contribution in [0, 0.1) is 0 Å². The van der Waals surface area contributed by atoms with Crippen LogP contribution in [-0.2, 0) is 6.54 Å². The SMILES string of the molecule is C[N+](C)(CCCNc1ccc(N)c2c1C(=O)c1c(N)cccc1C2=O)Cc1ccccc1. The molecule has 0 fully saturated rings. The first-order valence-electron chi connectivity index (χ1n) is 10.8. The molecule has 1 aliphatic rings. The lowest BCUT2D eigenvalue weighted by Gasteiger charge is -2.30. The van der Waals surface area contributed by atoms with Crippen LogP contribution in [0.15, 0.2) is 60.7 Å². The molecule has 0 amide bonds. The van der Waals surface area contributed by atoms with Crippen molar-refractivity contribution in [1.82, 2.24) is 0 Å². The molecule has 3 aromatic carbocycles. The van der Waals surface area contributed by atoms with Gasteiger partial charge in [-0.05, 0) is 18.2 Å². The van der Waals surface area contributed by atoms with Crippen molar-refractivity contribution in [3.8, 4) is 0 Å². The van der Waals surface area contributed by atoms with E-state index in [0.29, 0.717) is 34.7 Å². The first-order chi connectivity index (χ1) is 15.3. The molecule has 0 unspecified atom stereocenters. The van der Waals surface area contributed by atoms with Gasteiger partial charge in [-0.2, -0.15) is 0 Å². The van der Waals surface area contributed by atoms with Gasteiger partial charge in [0.25, 0.3) is 0 Å². The minimum atomic E-state index is -0.261. The number of hydrogen-bond acceptors (Lipinski definition) is 5. The van der Waals surface area contributed by atoms with E-state index in [9.17, 15) is 9.59 Å². The van der Waals surface area contributed by atoms with Crippen LogP contribution in [0.3, 0.4) is 0 Å². The number of ketones is 2. The lowest BCUT2D eigenvalue weighted by Crippen LogP contribution is -2.40. The number of anilines is 3. The zero-order valence-corrected chi connectivity index (χ0v) is 18.5. The molecular formula is C26H29N4O2+. The third kappa shape index (κ3) is 4.09. The van der Waals surface area contributed by atoms with Gasteiger partial charge in [0.15, 0.2) is 11.6 Å². The Balaban J connectivity index is 1.50. The summed E-state index contributed by atoms with van der Waals surface area (Å²) in [6.45, 7) is 2.58. The minimum absolute atomic E-state index is 0.260. The van der Waals surface area contributed by atoms with Gasteiger partial charge >= 0.3 is 0 Å². The van der Waals surface area contributed by atoms with Crippen molar-refractivity contribution in [1.29, 1.82) is 0 Å². The van der Waals surface area contributed by atoms with E-state index in [0.717, 1.165) is 24.0 Å². The zero-order chi connectivity index (χ0) is 22.9. The first-order valence-corrected chi connectivity index (χ1v) is 10.8. The average molecular weight is 430 g/mol. The number of carbonyl (C=O) groups is 2. The van der Waals surface area contributed by atoms with Gasteiger partial charge in [-0.3, -0.25) is 9.59 Å². The maximum atomic E-state index is 13.3. The summed E-state index contributed by atoms with van der Waals surface area (Å²) in [5, 5.41) is 3.36. The fourth-order valence-corrected chi connectivity index (χ4v) is 4.41. The summed E-state index contributed by atoms with van der Waals surface area (Å²) in [6, 6.07) is 18.8. The van der Waals surface area contributed by atoms with Gasteiger partial charge in [0, 0.05) is 41.2 Å². The highest BCUT2D eigenvalue weighted by Crippen LogP contribution is 2.37. The number of nitrogen functional groups attached to an aromatic ring is 2. The summed E-state index contributed by atoms with van der Waals surface area (Å²) in [5.74, 6) is -0.522. The van der Waals surface area contributed by atoms with Crippen LogP contribution >= 0.6 is 0 Å². The Labute approximate surface area is 188 Å². The highest BCUT2D eigenvalue weighted by Gasteiger charge is 2.34. The van der Waals surface area contributed by atoms with E-state index in [1.807, 2.05) is 6.07 Å². The number of nitrogens with one attached hydrogen (secondary N) is 1. The van der Waals surface area contributed by atoms with Gasteiger partial charge in [-0.25, -0.2) is 0 Å². The molecule has 4 rings (SSSR count). The Kier molecular flexibility index (Phi) is 5.72. The monoisotopic (exact) mass is 429 g/mol. The van der Waals surface area contributed by atoms with Crippen molar-refractivity contribution in [2.75, 3.05) is 44.0 Å². The molecule has 6 heteroatoms. The summed E-state index contributed by atoms with van der Waals surface area (Å²) >= 11 is 0. The lowest BCUT2D eigenvalue weighted by molar-refractivity contribution is -0.903. The van der Waals surface area contributed by atoms with Gasteiger partial charge in [0.05, 0.1) is 37.3 Å². The predicted molar refractivity (Wildman–Crippen MR) is 129 cm³/mol. The highest BCUT2D eigenvalue weighted by molar-refractivity contribution is 6.33. The van der Waals surface area contributed by atoms with Gasteiger partial charge in [0.2, 0.25) is 0 Å². The Hall–Kier alpha value is -3.64. The number of quaternary nitrogens is 1. The van der Waals surface area contributed by atoms with Crippen molar-refractivity contribution < 1.29 is 14.1 Å². The average Bonchev–Trinajstić information content (AvgIpc) is 2.76. The second kappa shape index (κ2) is 8.48. The molecule has 0 atom stereocenters. The van der Waals surface area contributed by atoms with Crippen LogP contribution in [0.2, 0.25) is 0 Å². The topological polar surface area (TPSA) is 98.2 Å². The van der Waals surface area contributed by atoms with Crippen LogP contribution in [-0.4, -0.2) is 43.2 Å². The molecule has 0 aliphatic heterocycles. The number of hydrogen-bond donors (Lipinski definition) is 3. The van der Waals surface area contributed by atoms with Crippen LogP contribution in [0.25, 0.3) is 0 Å². The van der Waals surface area contributed by atoms with E-state index in [2.05, 4.69) is 43.7 Å². The number of benzene rings is 3. The Morgan fingerprint density at radius 3 is 2.25 bits per heavy atom. The molecular weight excluding hydrogens is 400 g/mol. The molecule has 0 radical (unpaired) electrons. The minimum Gasteiger partial charge on any atom is -0.398 e. The lowest BCUT2D eigenvalue weighted by atomic mass is 9.81. The second-order valence-electron chi connectivity index (χ2n) is 8.96. The maximum Gasteiger partial charge on any atom is 0.198 e. The van der Waals surface area contributed by atoms with Crippen molar-refractivity contribution in [3.05, 3.63) is 88.5 Å². The van der Waals surface area contributed by atoms with E-state index in [-0.39, 0.29) is 22.7 Å². The van der Waals surface area contributed by atoms with Gasteiger partial charge in [0.1, 0.15) is 6.54 Å². The molecule has 1 aliphatic carbocycles. The number of nitrogens with two attached hydrogens (primary N) is 2. The van der Waals surface area contributed by atoms with E-state index in [4.69, 9.17) is 11.5 Å². The van der Waals surface area contributed by atoms with Crippen molar-refractivity contribution in [3.63, 3.8) is 0 Å². The molecule has 0 spiro atoms. The smallest absolute Gasteiger partial charge is 0.198 e. The zero-order valence-electron chi connectivity index (χ0n) is 18.5. The molecule has 5 N–H and O–H groups in total. The Bertz CT molecular complexity index is 1190. The normalized spacial score (nSPS) is 12.9. The van der Waals surface area contributed by atoms with Crippen LogP contribution in [0.4, 0.5) is 17.1 Å². The first kappa shape index (κ1) is 21.6. The number of rotatable bonds is 7. The van der Waals surface area contributed by atoms with Gasteiger partial charge in [-0.1, -0.05) is 42.5 Å². The Morgan fingerprint density at radius 1 is 0.781 bits per heavy atom. The number of nitrogens with zero attached hydrogens (tertiary/aromatic N) is 1. The molecule has 0 saturated heterocycles. The van der Waals surface area contributed by atoms with E-state index in [1.165, 1.54) is 5.56 Å². The summed E-state index contributed by atoms with van der Waals surface area (Å²) < 4.78 is 0.854. The van der Waals surface area contributed by atoms with Crippen LogP contribution < -0.4 is 16.8 Å². The van der Waals surface area contributed by atoms with Gasteiger partial charge in [-0.15, -0.1) is 0 Å². The van der Waals surface area contributed by atoms with Crippen molar-refractivity contribution >= 4 is 28.6 Å². The largest absolute Gasteiger partial charge is 0.398 e. The maximum absolute atomic E-state index is 13.3. The summed E-state index contributed by atoms with van der Waals surface area (Å²) in [5.41, 5.74) is 15.8. The van der Waals surface area contributed by atoms with E-state index in [1.54, 1.807) is 30.3 Å². The van der Waals surface area contributed by atoms with E-state index < -0.39 is 0 Å². The van der Waals surface area contributed by atoms with E-state index >= 15 is 0 Å². The third-order valence-electron chi connectivity index (χ3n) is 5.97. The third-order valence-corrected chi connectivity index (χ3v) is 5.97. The molecule has 6 nitrogen and oxygen atoms in total. The molecule has 164 valence electrons. The predicted octanol–water partition coefficient (Wildman–Crippen LogP) is 3.71. The Morgan fingerprint density at radius 2 is 1.50 bits per heavy atom.